The first-order valence-corrected chi connectivity index (χ1v) is 9.26. The number of benzene rings is 2. The number of anilines is 1. The van der Waals surface area contributed by atoms with Crippen LogP contribution in [0.2, 0.25) is 5.02 Å². The van der Waals surface area contributed by atoms with Gasteiger partial charge in [0.25, 0.3) is 5.91 Å². The lowest BCUT2D eigenvalue weighted by atomic mass is 9.91. The molecule has 0 saturated carbocycles. The van der Waals surface area contributed by atoms with Crippen LogP contribution in [0.25, 0.3) is 0 Å². The van der Waals surface area contributed by atoms with Gasteiger partial charge in [0.15, 0.2) is 11.5 Å². The number of imide groups is 1. The highest BCUT2D eigenvalue weighted by molar-refractivity contribution is 6.33. The first-order chi connectivity index (χ1) is 13.8. The molecule has 9 heteroatoms. The number of urea groups is 1. The minimum atomic E-state index is -1.32. The lowest BCUT2D eigenvalue weighted by molar-refractivity contribution is -0.133. The Bertz CT molecular complexity index is 1040. The maximum Gasteiger partial charge on any atom is 0.325 e. The van der Waals surface area contributed by atoms with E-state index in [1.165, 1.54) is 0 Å². The van der Waals surface area contributed by atoms with Gasteiger partial charge in [-0.25, -0.2) is 4.79 Å². The predicted octanol–water partition coefficient (Wildman–Crippen LogP) is 2.78. The van der Waals surface area contributed by atoms with E-state index in [0.717, 1.165) is 10.5 Å². The number of rotatable bonds is 4. The Hall–Kier alpha value is -3.26. The number of nitrogens with one attached hydrogen (secondary N) is 2. The van der Waals surface area contributed by atoms with Gasteiger partial charge in [-0.15, -0.1) is 0 Å². The summed E-state index contributed by atoms with van der Waals surface area (Å²) in [7, 11) is 0. The SMILES string of the molecule is Cc1ccc(NC(=O)CN2C(=O)N[C@](C)(c3ccc4c(c3)OCO4)C2=O)c(Cl)c1. The Morgan fingerprint density at radius 3 is 2.72 bits per heavy atom. The summed E-state index contributed by atoms with van der Waals surface area (Å²) < 4.78 is 10.6. The van der Waals surface area contributed by atoms with E-state index in [1.54, 1.807) is 43.3 Å². The maximum absolute atomic E-state index is 13.0. The van der Waals surface area contributed by atoms with E-state index in [9.17, 15) is 14.4 Å². The first kappa shape index (κ1) is 19.1. The Morgan fingerprint density at radius 2 is 1.97 bits per heavy atom. The lowest BCUT2D eigenvalue weighted by Gasteiger charge is -2.22. The summed E-state index contributed by atoms with van der Waals surface area (Å²) in [6.45, 7) is 3.12. The summed E-state index contributed by atoms with van der Waals surface area (Å²) >= 11 is 6.12. The molecule has 0 spiro atoms. The number of ether oxygens (including phenoxy) is 2. The number of hydrogen-bond donors (Lipinski definition) is 2. The van der Waals surface area contributed by atoms with Gasteiger partial charge in [-0.05, 0) is 49.2 Å². The van der Waals surface area contributed by atoms with Crippen molar-refractivity contribution in [1.29, 1.82) is 0 Å². The summed E-state index contributed by atoms with van der Waals surface area (Å²) in [5.41, 5.74) is 0.568. The van der Waals surface area contributed by atoms with Gasteiger partial charge in [-0.3, -0.25) is 14.5 Å². The van der Waals surface area contributed by atoms with Crippen molar-refractivity contribution in [3.05, 3.63) is 52.5 Å². The van der Waals surface area contributed by atoms with Crippen LogP contribution >= 0.6 is 11.6 Å². The van der Waals surface area contributed by atoms with Crippen molar-refractivity contribution in [2.24, 2.45) is 0 Å². The van der Waals surface area contributed by atoms with Gasteiger partial charge in [0.2, 0.25) is 12.7 Å². The molecule has 29 heavy (non-hydrogen) atoms. The molecule has 0 aromatic heterocycles. The number of hydrogen-bond acceptors (Lipinski definition) is 5. The number of carbonyl (C=O) groups is 3. The van der Waals surface area contributed by atoms with Crippen LogP contribution in [0.5, 0.6) is 11.5 Å². The Kier molecular flexibility index (Phi) is 4.58. The average molecular weight is 416 g/mol. The molecule has 1 atom stereocenters. The van der Waals surface area contributed by atoms with E-state index < -0.39 is 29.9 Å². The molecule has 8 nitrogen and oxygen atoms in total. The maximum atomic E-state index is 13.0. The van der Waals surface area contributed by atoms with Gasteiger partial charge < -0.3 is 20.1 Å². The number of amides is 4. The quantitative estimate of drug-likeness (QED) is 0.748. The van der Waals surface area contributed by atoms with Gasteiger partial charge >= 0.3 is 6.03 Å². The zero-order chi connectivity index (χ0) is 20.8. The van der Waals surface area contributed by atoms with Crippen LogP contribution in [0.15, 0.2) is 36.4 Å². The Balaban J connectivity index is 1.51. The van der Waals surface area contributed by atoms with Crippen LogP contribution in [-0.2, 0) is 15.1 Å². The van der Waals surface area contributed by atoms with Crippen molar-refractivity contribution in [3.63, 3.8) is 0 Å². The number of carbonyl (C=O) groups excluding carboxylic acids is 3. The smallest absolute Gasteiger partial charge is 0.325 e. The molecule has 0 unspecified atom stereocenters. The zero-order valence-electron chi connectivity index (χ0n) is 15.7. The van der Waals surface area contributed by atoms with Crippen LogP contribution in [-0.4, -0.2) is 36.1 Å². The van der Waals surface area contributed by atoms with Crippen molar-refractivity contribution in [2.75, 3.05) is 18.7 Å². The summed E-state index contributed by atoms with van der Waals surface area (Å²) in [6, 6.07) is 9.53. The molecule has 0 radical (unpaired) electrons. The monoisotopic (exact) mass is 415 g/mol. The summed E-state index contributed by atoms with van der Waals surface area (Å²) in [6.07, 6.45) is 0. The standard InChI is InChI=1S/C20H18ClN3O5/c1-11-3-5-14(13(21)7-11)22-17(25)9-24-18(26)20(2,23-19(24)27)12-4-6-15-16(8-12)29-10-28-15/h3-8H,9-10H2,1-2H3,(H,22,25)(H,23,27)/t20-/m1/s1. The van der Waals surface area contributed by atoms with E-state index >= 15 is 0 Å². The fourth-order valence-electron chi connectivity index (χ4n) is 3.30. The molecule has 2 aliphatic rings. The van der Waals surface area contributed by atoms with Crippen molar-refractivity contribution < 1.29 is 23.9 Å². The molecular weight excluding hydrogens is 398 g/mol. The van der Waals surface area contributed by atoms with E-state index in [-0.39, 0.29) is 6.79 Å². The minimum Gasteiger partial charge on any atom is -0.454 e. The molecule has 0 aliphatic carbocycles. The van der Waals surface area contributed by atoms with Gasteiger partial charge in [0, 0.05) is 0 Å². The number of nitrogens with zero attached hydrogens (tertiary/aromatic N) is 1. The number of fused-ring (bicyclic) bond motifs is 1. The second-order valence-electron chi connectivity index (χ2n) is 7.05. The number of halogens is 1. The normalized spacial score (nSPS) is 20.0. The molecule has 2 aliphatic heterocycles. The topological polar surface area (TPSA) is 97.0 Å². The van der Waals surface area contributed by atoms with E-state index in [0.29, 0.717) is 27.8 Å². The third-order valence-electron chi connectivity index (χ3n) is 4.93. The predicted molar refractivity (Wildman–Crippen MR) is 105 cm³/mol. The van der Waals surface area contributed by atoms with Crippen LogP contribution in [0.4, 0.5) is 10.5 Å². The number of aryl methyl sites for hydroxylation is 1. The molecule has 1 fully saturated rings. The third kappa shape index (κ3) is 3.36. The average Bonchev–Trinajstić information content (AvgIpc) is 3.22. The van der Waals surface area contributed by atoms with Crippen LogP contribution < -0.4 is 20.1 Å². The molecule has 150 valence electrons. The van der Waals surface area contributed by atoms with Gasteiger partial charge in [-0.2, -0.15) is 0 Å². The molecule has 2 heterocycles. The van der Waals surface area contributed by atoms with Gasteiger partial charge in [0.05, 0.1) is 10.7 Å². The van der Waals surface area contributed by atoms with E-state index in [4.69, 9.17) is 21.1 Å². The third-order valence-corrected chi connectivity index (χ3v) is 5.24. The summed E-state index contributed by atoms with van der Waals surface area (Å²) in [5.74, 6) is -0.00276. The molecule has 2 N–H and O–H groups in total. The van der Waals surface area contributed by atoms with Crippen molar-refractivity contribution in [3.8, 4) is 11.5 Å². The summed E-state index contributed by atoms with van der Waals surface area (Å²) in [4.78, 5) is 38.7. The zero-order valence-corrected chi connectivity index (χ0v) is 16.5. The molecule has 2 aromatic rings. The molecule has 0 bridgehead atoms. The first-order valence-electron chi connectivity index (χ1n) is 8.88. The lowest BCUT2D eigenvalue weighted by Crippen LogP contribution is -2.42. The van der Waals surface area contributed by atoms with Gasteiger partial charge in [0.1, 0.15) is 12.1 Å². The Morgan fingerprint density at radius 1 is 1.21 bits per heavy atom. The van der Waals surface area contributed by atoms with E-state index in [1.807, 2.05) is 6.92 Å². The largest absolute Gasteiger partial charge is 0.454 e. The highest BCUT2D eigenvalue weighted by atomic mass is 35.5. The molecule has 4 amide bonds. The molecule has 4 rings (SSSR count). The van der Waals surface area contributed by atoms with Crippen molar-refractivity contribution >= 4 is 35.1 Å². The fourth-order valence-corrected chi connectivity index (χ4v) is 3.58. The molecule has 2 aromatic carbocycles. The second-order valence-corrected chi connectivity index (χ2v) is 7.45. The summed E-state index contributed by atoms with van der Waals surface area (Å²) in [5, 5.41) is 5.66. The fraction of sp³-hybridized carbons (Fsp3) is 0.250. The van der Waals surface area contributed by atoms with Crippen molar-refractivity contribution in [2.45, 2.75) is 19.4 Å². The van der Waals surface area contributed by atoms with Crippen molar-refractivity contribution in [1.82, 2.24) is 10.2 Å². The molecular formula is C20H18ClN3O5. The van der Waals surface area contributed by atoms with E-state index in [2.05, 4.69) is 10.6 Å². The van der Waals surface area contributed by atoms with Crippen LogP contribution in [0, 0.1) is 6.92 Å². The van der Waals surface area contributed by atoms with Gasteiger partial charge in [-0.1, -0.05) is 23.7 Å². The highest BCUT2D eigenvalue weighted by Crippen LogP contribution is 2.37. The highest BCUT2D eigenvalue weighted by Gasteiger charge is 2.49. The second kappa shape index (κ2) is 6.97. The Labute approximate surface area is 171 Å². The molecule has 1 saturated heterocycles. The minimum absolute atomic E-state index is 0.101. The van der Waals surface area contributed by atoms with Crippen LogP contribution in [0.1, 0.15) is 18.1 Å². The van der Waals surface area contributed by atoms with Crippen LogP contribution in [0.3, 0.4) is 0 Å².